The summed E-state index contributed by atoms with van der Waals surface area (Å²) < 4.78 is 5.39. The molecular formula is C16H23N3O3. The van der Waals surface area contributed by atoms with E-state index in [1.54, 1.807) is 24.3 Å². The second kappa shape index (κ2) is 7.68. The first-order chi connectivity index (χ1) is 10.6. The Morgan fingerprint density at radius 3 is 2.68 bits per heavy atom. The Bertz CT molecular complexity index is 516. The summed E-state index contributed by atoms with van der Waals surface area (Å²) in [6, 6.07) is 6.61. The molecule has 1 heterocycles. The average Bonchev–Trinajstić information content (AvgIpc) is 2.53. The Hall–Kier alpha value is -2.24. The maximum Gasteiger partial charge on any atom is 0.312 e. The Morgan fingerprint density at radius 1 is 1.32 bits per heavy atom. The molecule has 1 atom stereocenters. The second-order valence-corrected chi connectivity index (χ2v) is 5.35. The van der Waals surface area contributed by atoms with Crippen molar-refractivity contribution in [3.8, 4) is 5.75 Å². The molecule has 3 amide bonds. The average molecular weight is 305 g/mol. The molecule has 2 rings (SSSR count). The highest BCUT2D eigenvalue weighted by Crippen LogP contribution is 2.20. The van der Waals surface area contributed by atoms with Crippen LogP contribution in [0.4, 0.5) is 4.79 Å². The standard InChI is InChI=1S/C16H23N3O3/c1-2-22-14-8-6-12(7-9-14)15(20)19-10-4-3-5-13(19)11-18-16(17)21/h6-9,13H,2-5,10-11H2,1H3,(H3,17,18,21). The lowest BCUT2D eigenvalue weighted by Gasteiger charge is -2.35. The number of piperidine rings is 1. The van der Waals surface area contributed by atoms with Gasteiger partial charge in [0.1, 0.15) is 5.75 Å². The topological polar surface area (TPSA) is 84.7 Å². The van der Waals surface area contributed by atoms with E-state index in [0.29, 0.717) is 25.3 Å². The summed E-state index contributed by atoms with van der Waals surface area (Å²) in [6.07, 6.45) is 2.91. The molecule has 0 saturated carbocycles. The minimum absolute atomic E-state index is 0.000295. The molecule has 6 nitrogen and oxygen atoms in total. The van der Waals surface area contributed by atoms with Crippen LogP contribution in [-0.2, 0) is 0 Å². The molecule has 0 aliphatic carbocycles. The van der Waals surface area contributed by atoms with E-state index in [0.717, 1.165) is 25.0 Å². The van der Waals surface area contributed by atoms with Crippen molar-refractivity contribution < 1.29 is 14.3 Å². The van der Waals surface area contributed by atoms with Crippen LogP contribution in [0, 0.1) is 0 Å². The number of benzene rings is 1. The summed E-state index contributed by atoms with van der Waals surface area (Å²) in [5.74, 6) is 0.739. The molecule has 1 aromatic rings. The van der Waals surface area contributed by atoms with Gasteiger partial charge in [-0.3, -0.25) is 4.79 Å². The molecule has 0 bridgehead atoms. The molecule has 1 aromatic carbocycles. The first-order valence-electron chi connectivity index (χ1n) is 7.69. The predicted molar refractivity (Wildman–Crippen MR) is 83.9 cm³/mol. The predicted octanol–water partition coefficient (Wildman–Crippen LogP) is 1.75. The van der Waals surface area contributed by atoms with E-state index >= 15 is 0 Å². The number of likely N-dealkylation sites (tertiary alicyclic amines) is 1. The molecule has 1 fully saturated rings. The van der Waals surface area contributed by atoms with Gasteiger partial charge in [0, 0.05) is 24.7 Å². The van der Waals surface area contributed by atoms with Gasteiger partial charge in [0.25, 0.3) is 5.91 Å². The molecule has 120 valence electrons. The molecular weight excluding hydrogens is 282 g/mol. The maximum absolute atomic E-state index is 12.7. The van der Waals surface area contributed by atoms with Crippen LogP contribution in [-0.4, -0.2) is 42.6 Å². The Morgan fingerprint density at radius 2 is 2.05 bits per heavy atom. The largest absolute Gasteiger partial charge is 0.494 e. The van der Waals surface area contributed by atoms with Crippen LogP contribution < -0.4 is 15.8 Å². The number of rotatable bonds is 5. The van der Waals surface area contributed by atoms with Crippen molar-refractivity contribution >= 4 is 11.9 Å². The smallest absolute Gasteiger partial charge is 0.312 e. The van der Waals surface area contributed by atoms with E-state index in [2.05, 4.69) is 5.32 Å². The highest BCUT2D eigenvalue weighted by Gasteiger charge is 2.27. The number of carbonyl (C=O) groups excluding carboxylic acids is 2. The number of hydrogen-bond donors (Lipinski definition) is 2. The van der Waals surface area contributed by atoms with Crippen LogP contribution in [0.5, 0.6) is 5.75 Å². The highest BCUT2D eigenvalue weighted by atomic mass is 16.5. The highest BCUT2D eigenvalue weighted by molar-refractivity contribution is 5.94. The third kappa shape index (κ3) is 4.13. The fraction of sp³-hybridized carbons (Fsp3) is 0.500. The zero-order valence-electron chi connectivity index (χ0n) is 12.9. The number of nitrogens with two attached hydrogens (primary N) is 1. The van der Waals surface area contributed by atoms with Crippen molar-refractivity contribution in [2.75, 3.05) is 19.7 Å². The zero-order chi connectivity index (χ0) is 15.9. The third-order valence-corrected chi connectivity index (χ3v) is 3.81. The normalized spacial score (nSPS) is 17.9. The Kier molecular flexibility index (Phi) is 5.63. The van der Waals surface area contributed by atoms with Crippen molar-refractivity contribution in [2.24, 2.45) is 5.73 Å². The van der Waals surface area contributed by atoms with Crippen molar-refractivity contribution in [3.63, 3.8) is 0 Å². The quantitative estimate of drug-likeness (QED) is 0.869. The van der Waals surface area contributed by atoms with Crippen molar-refractivity contribution in [1.82, 2.24) is 10.2 Å². The third-order valence-electron chi connectivity index (χ3n) is 3.81. The first-order valence-corrected chi connectivity index (χ1v) is 7.69. The summed E-state index contributed by atoms with van der Waals surface area (Å²) in [6.45, 7) is 3.62. The summed E-state index contributed by atoms with van der Waals surface area (Å²) >= 11 is 0. The van der Waals surface area contributed by atoms with Gasteiger partial charge in [0.15, 0.2) is 0 Å². The van der Waals surface area contributed by atoms with Gasteiger partial charge in [-0.25, -0.2) is 4.79 Å². The lowest BCUT2D eigenvalue weighted by molar-refractivity contribution is 0.0615. The minimum atomic E-state index is -0.556. The summed E-state index contributed by atoms with van der Waals surface area (Å²) in [5, 5.41) is 2.60. The zero-order valence-corrected chi connectivity index (χ0v) is 12.9. The lowest BCUT2D eigenvalue weighted by atomic mass is 10.0. The maximum atomic E-state index is 12.7. The van der Waals surface area contributed by atoms with Crippen LogP contribution in [0.1, 0.15) is 36.5 Å². The molecule has 0 aromatic heterocycles. The molecule has 0 radical (unpaired) electrons. The Balaban J connectivity index is 2.05. The van der Waals surface area contributed by atoms with Crippen LogP contribution >= 0.6 is 0 Å². The molecule has 1 aliphatic heterocycles. The molecule has 6 heteroatoms. The van der Waals surface area contributed by atoms with Crippen LogP contribution in [0.3, 0.4) is 0 Å². The molecule has 3 N–H and O–H groups in total. The van der Waals surface area contributed by atoms with Gasteiger partial charge in [-0.15, -0.1) is 0 Å². The van der Waals surface area contributed by atoms with Gasteiger partial charge in [-0.05, 0) is 50.5 Å². The van der Waals surface area contributed by atoms with E-state index in [9.17, 15) is 9.59 Å². The van der Waals surface area contributed by atoms with Gasteiger partial charge < -0.3 is 20.7 Å². The number of primary amides is 1. The molecule has 1 unspecified atom stereocenters. The van der Waals surface area contributed by atoms with E-state index in [-0.39, 0.29) is 11.9 Å². The monoisotopic (exact) mass is 305 g/mol. The van der Waals surface area contributed by atoms with Gasteiger partial charge in [-0.2, -0.15) is 0 Å². The number of carbonyl (C=O) groups is 2. The minimum Gasteiger partial charge on any atom is -0.494 e. The van der Waals surface area contributed by atoms with E-state index < -0.39 is 6.03 Å². The van der Waals surface area contributed by atoms with Crippen molar-refractivity contribution in [3.05, 3.63) is 29.8 Å². The molecule has 1 aliphatic rings. The number of ether oxygens (including phenoxy) is 1. The molecule has 1 saturated heterocycles. The van der Waals surface area contributed by atoms with Gasteiger partial charge in [0.2, 0.25) is 0 Å². The number of amides is 3. The van der Waals surface area contributed by atoms with Crippen LogP contribution in [0.15, 0.2) is 24.3 Å². The van der Waals surface area contributed by atoms with E-state index in [1.165, 1.54) is 0 Å². The van der Waals surface area contributed by atoms with E-state index in [4.69, 9.17) is 10.5 Å². The second-order valence-electron chi connectivity index (χ2n) is 5.35. The van der Waals surface area contributed by atoms with E-state index in [1.807, 2.05) is 11.8 Å². The first kappa shape index (κ1) is 16.1. The number of urea groups is 1. The van der Waals surface area contributed by atoms with Gasteiger partial charge in [-0.1, -0.05) is 0 Å². The summed E-state index contributed by atoms with van der Waals surface area (Å²) in [5.41, 5.74) is 5.75. The summed E-state index contributed by atoms with van der Waals surface area (Å²) in [7, 11) is 0. The lowest BCUT2D eigenvalue weighted by Crippen LogP contribution is -2.50. The Labute approximate surface area is 130 Å². The fourth-order valence-electron chi connectivity index (χ4n) is 2.72. The van der Waals surface area contributed by atoms with Gasteiger partial charge in [0.05, 0.1) is 6.61 Å². The van der Waals surface area contributed by atoms with Crippen molar-refractivity contribution in [2.45, 2.75) is 32.2 Å². The van der Waals surface area contributed by atoms with Crippen molar-refractivity contribution in [1.29, 1.82) is 0 Å². The molecule has 0 spiro atoms. The number of nitrogens with zero attached hydrogens (tertiary/aromatic N) is 1. The van der Waals surface area contributed by atoms with Gasteiger partial charge >= 0.3 is 6.03 Å². The molecule has 22 heavy (non-hydrogen) atoms. The number of hydrogen-bond acceptors (Lipinski definition) is 3. The SMILES string of the molecule is CCOc1ccc(C(=O)N2CCCCC2CNC(N)=O)cc1. The summed E-state index contributed by atoms with van der Waals surface area (Å²) in [4.78, 5) is 25.4. The van der Waals surface area contributed by atoms with Crippen LogP contribution in [0.2, 0.25) is 0 Å². The fourth-order valence-corrected chi connectivity index (χ4v) is 2.72. The number of nitrogens with one attached hydrogen (secondary N) is 1. The van der Waals surface area contributed by atoms with Crippen LogP contribution in [0.25, 0.3) is 0 Å².